The summed E-state index contributed by atoms with van der Waals surface area (Å²) in [6, 6.07) is 3.10. The average Bonchev–Trinajstić information content (AvgIpc) is 2.25. The molecule has 1 amide bonds. The number of carbonyl (C=O) groups excluding carboxylic acids is 1. The zero-order valence-electron chi connectivity index (χ0n) is 8.40. The fourth-order valence-corrected chi connectivity index (χ4v) is 1.12. The average molecular weight is 237 g/mol. The van der Waals surface area contributed by atoms with E-state index in [2.05, 4.69) is 0 Å². The van der Waals surface area contributed by atoms with Gasteiger partial charge in [0.1, 0.15) is 0 Å². The second kappa shape index (κ2) is 4.84. The number of nitrogens with zero attached hydrogens (tertiary/aromatic N) is 2. The van der Waals surface area contributed by atoms with Crippen LogP contribution in [0.5, 0.6) is 0 Å². The van der Waals surface area contributed by atoms with E-state index < -0.39 is 27.1 Å². The van der Waals surface area contributed by atoms with Crippen molar-refractivity contribution < 1.29 is 14.6 Å². The van der Waals surface area contributed by atoms with Crippen LogP contribution >= 0.6 is 0 Å². The normalized spacial score (nSPS) is 10.4. The van der Waals surface area contributed by atoms with Crippen molar-refractivity contribution in [3.05, 3.63) is 50.1 Å². The van der Waals surface area contributed by atoms with Crippen molar-refractivity contribution in [1.29, 1.82) is 0 Å². The number of nitro groups is 2. The number of primary amides is 1. The Bertz CT molecular complexity index is 523. The van der Waals surface area contributed by atoms with Crippen LogP contribution in [0.3, 0.4) is 0 Å². The fraction of sp³-hybridized carbons (Fsp3) is 0. The Kier molecular flexibility index (Phi) is 3.50. The first-order valence-electron chi connectivity index (χ1n) is 4.32. The number of nitro benzene ring substituents is 2. The second-order valence-electron chi connectivity index (χ2n) is 2.99. The van der Waals surface area contributed by atoms with Gasteiger partial charge in [0.2, 0.25) is 5.91 Å². The summed E-state index contributed by atoms with van der Waals surface area (Å²) >= 11 is 0. The van der Waals surface area contributed by atoms with E-state index in [1.165, 1.54) is 6.07 Å². The highest BCUT2D eigenvalue weighted by Crippen LogP contribution is 2.25. The van der Waals surface area contributed by atoms with Crippen molar-refractivity contribution >= 4 is 23.4 Å². The molecule has 8 heteroatoms. The molecule has 0 aliphatic carbocycles. The van der Waals surface area contributed by atoms with Gasteiger partial charge in [-0.15, -0.1) is 0 Å². The molecule has 0 unspecified atom stereocenters. The van der Waals surface area contributed by atoms with Crippen LogP contribution in [0.15, 0.2) is 24.3 Å². The van der Waals surface area contributed by atoms with E-state index in [9.17, 15) is 25.0 Å². The van der Waals surface area contributed by atoms with Gasteiger partial charge >= 0.3 is 0 Å². The molecule has 17 heavy (non-hydrogen) atoms. The lowest BCUT2D eigenvalue weighted by atomic mass is 10.1. The third-order valence-electron chi connectivity index (χ3n) is 1.85. The number of nitrogens with two attached hydrogens (primary N) is 1. The van der Waals surface area contributed by atoms with Crippen LogP contribution < -0.4 is 5.73 Å². The SMILES string of the molecule is NC(=O)C=Cc1ccc([N+](=O)[O-])cc1[N+](=O)[O-]. The third kappa shape index (κ3) is 3.09. The first kappa shape index (κ1) is 12.3. The van der Waals surface area contributed by atoms with Crippen LogP contribution in [0, 0.1) is 20.2 Å². The molecule has 1 aromatic rings. The maximum Gasteiger partial charge on any atom is 0.283 e. The van der Waals surface area contributed by atoms with Gasteiger partial charge in [0.05, 0.1) is 21.5 Å². The first-order valence-corrected chi connectivity index (χ1v) is 4.32. The van der Waals surface area contributed by atoms with E-state index in [0.29, 0.717) is 0 Å². The number of benzene rings is 1. The zero-order valence-corrected chi connectivity index (χ0v) is 8.40. The minimum atomic E-state index is -0.770. The van der Waals surface area contributed by atoms with Gasteiger partial charge < -0.3 is 5.73 Å². The molecule has 0 radical (unpaired) electrons. The van der Waals surface area contributed by atoms with Gasteiger partial charge in [0.25, 0.3) is 11.4 Å². The summed E-state index contributed by atoms with van der Waals surface area (Å²) in [6.45, 7) is 0. The summed E-state index contributed by atoms with van der Waals surface area (Å²) < 4.78 is 0. The molecule has 0 aliphatic rings. The summed E-state index contributed by atoms with van der Waals surface area (Å²) in [5.41, 5.74) is 4.05. The van der Waals surface area contributed by atoms with Gasteiger partial charge in [-0.05, 0) is 12.1 Å². The van der Waals surface area contributed by atoms with Gasteiger partial charge in [-0.1, -0.05) is 0 Å². The number of hydrogen-bond acceptors (Lipinski definition) is 5. The number of carbonyl (C=O) groups is 1. The molecule has 1 aromatic carbocycles. The fourth-order valence-electron chi connectivity index (χ4n) is 1.12. The summed E-state index contributed by atoms with van der Waals surface area (Å²) in [6.07, 6.45) is 2.07. The molecule has 1 rings (SSSR count). The minimum Gasteiger partial charge on any atom is -0.366 e. The Labute approximate surface area is 94.6 Å². The Morgan fingerprint density at radius 3 is 2.35 bits per heavy atom. The lowest BCUT2D eigenvalue weighted by Gasteiger charge is -1.97. The number of rotatable bonds is 4. The predicted molar refractivity (Wildman–Crippen MR) is 58.0 cm³/mol. The van der Waals surface area contributed by atoms with Crippen LogP contribution in [0.25, 0.3) is 6.08 Å². The molecule has 8 nitrogen and oxygen atoms in total. The highest BCUT2D eigenvalue weighted by molar-refractivity contribution is 5.91. The molecule has 0 saturated heterocycles. The molecular weight excluding hydrogens is 230 g/mol. The molecular formula is C9H7N3O5. The first-order chi connectivity index (χ1) is 7.91. The lowest BCUT2D eigenvalue weighted by Crippen LogP contribution is -2.05. The third-order valence-corrected chi connectivity index (χ3v) is 1.85. The smallest absolute Gasteiger partial charge is 0.283 e. The Balaban J connectivity index is 3.27. The molecule has 0 atom stereocenters. The molecule has 0 bridgehead atoms. The van der Waals surface area contributed by atoms with Crippen LogP contribution in [-0.4, -0.2) is 15.8 Å². The Morgan fingerprint density at radius 2 is 1.88 bits per heavy atom. The van der Waals surface area contributed by atoms with E-state index in [1.807, 2.05) is 0 Å². The largest absolute Gasteiger partial charge is 0.366 e. The molecule has 0 fully saturated rings. The van der Waals surface area contributed by atoms with Gasteiger partial charge in [-0.3, -0.25) is 25.0 Å². The predicted octanol–water partition coefficient (Wildman–Crippen LogP) is 1.00. The van der Waals surface area contributed by atoms with E-state index in [1.54, 1.807) is 0 Å². The highest BCUT2D eigenvalue weighted by atomic mass is 16.6. The highest BCUT2D eigenvalue weighted by Gasteiger charge is 2.17. The van der Waals surface area contributed by atoms with Crippen molar-refractivity contribution in [2.24, 2.45) is 5.73 Å². The maximum absolute atomic E-state index is 10.7. The van der Waals surface area contributed by atoms with Crippen molar-refractivity contribution in [1.82, 2.24) is 0 Å². The maximum atomic E-state index is 10.7. The van der Waals surface area contributed by atoms with Gasteiger partial charge in [0, 0.05) is 12.1 Å². The van der Waals surface area contributed by atoms with Crippen LogP contribution in [0.2, 0.25) is 0 Å². The van der Waals surface area contributed by atoms with Gasteiger partial charge in [0.15, 0.2) is 0 Å². The van der Waals surface area contributed by atoms with E-state index in [-0.39, 0.29) is 5.56 Å². The lowest BCUT2D eigenvalue weighted by molar-refractivity contribution is -0.394. The Morgan fingerprint density at radius 1 is 1.24 bits per heavy atom. The van der Waals surface area contributed by atoms with Crippen LogP contribution in [0.1, 0.15) is 5.56 Å². The van der Waals surface area contributed by atoms with Crippen molar-refractivity contribution in [2.45, 2.75) is 0 Å². The number of non-ortho nitro benzene ring substituents is 1. The van der Waals surface area contributed by atoms with Gasteiger partial charge in [-0.2, -0.15) is 0 Å². The monoisotopic (exact) mass is 237 g/mol. The molecule has 88 valence electrons. The molecule has 0 aromatic heterocycles. The van der Waals surface area contributed by atoms with Crippen LogP contribution in [-0.2, 0) is 4.79 Å². The van der Waals surface area contributed by atoms with E-state index in [0.717, 1.165) is 24.3 Å². The molecule has 0 spiro atoms. The summed E-state index contributed by atoms with van der Waals surface area (Å²) in [5.74, 6) is -0.766. The van der Waals surface area contributed by atoms with Crippen molar-refractivity contribution in [3.63, 3.8) is 0 Å². The number of hydrogen-bond donors (Lipinski definition) is 1. The molecule has 0 aliphatic heterocycles. The quantitative estimate of drug-likeness (QED) is 0.474. The molecule has 0 heterocycles. The standard InChI is InChI=1S/C9H7N3O5/c10-9(13)4-2-6-1-3-7(11(14)15)5-8(6)12(16)17/h1-5H,(H2,10,13). The van der Waals surface area contributed by atoms with Gasteiger partial charge in [-0.25, -0.2) is 0 Å². The summed E-state index contributed by atoms with van der Waals surface area (Å²) in [4.78, 5) is 30.1. The van der Waals surface area contributed by atoms with Crippen molar-refractivity contribution in [3.8, 4) is 0 Å². The summed E-state index contributed by atoms with van der Waals surface area (Å²) in [5, 5.41) is 21.1. The topological polar surface area (TPSA) is 129 Å². The van der Waals surface area contributed by atoms with E-state index in [4.69, 9.17) is 5.73 Å². The van der Waals surface area contributed by atoms with Crippen LogP contribution in [0.4, 0.5) is 11.4 Å². The second-order valence-corrected chi connectivity index (χ2v) is 2.99. The summed E-state index contributed by atoms with van der Waals surface area (Å²) in [7, 11) is 0. The molecule has 2 N–H and O–H groups in total. The Hall–Kier alpha value is -2.77. The van der Waals surface area contributed by atoms with Crippen molar-refractivity contribution in [2.75, 3.05) is 0 Å². The molecule has 0 saturated carbocycles. The minimum absolute atomic E-state index is 0.0689. The number of amides is 1. The zero-order chi connectivity index (χ0) is 13.0. The van der Waals surface area contributed by atoms with E-state index >= 15 is 0 Å².